The third-order valence-corrected chi connectivity index (χ3v) is 5.44. The highest BCUT2D eigenvalue weighted by Crippen LogP contribution is 2.35. The van der Waals surface area contributed by atoms with Crippen molar-refractivity contribution in [3.63, 3.8) is 0 Å². The van der Waals surface area contributed by atoms with Gasteiger partial charge in [-0.3, -0.25) is 20.6 Å². The third kappa shape index (κ3) is 2.75. The monoisotopic (exact) mass is 300 g/mol. The van der Waals surface area contributed by atoms with Gasteiger partial charge in [0.25, 0.3) is 0 Å². The van der Waals surface area contributed by atoms with E-state index in [1.54, 1.807) is 0 Å². The van der Waals surface area contributed by atoms with Crippen LogP contribution in [0.4, 0.5) is 0 Å². The maximum absolute atomic E-state index is 12.2. The predicted octanol–water partition coefficient (Wildman–Crippen LogP) is 1.29. The third-order valence-electron chi connectivity index (χ3n) is 5.44. The summed E-state index contributed by atoms with van der Waals surface area (Å²) in [5, 5.41) is 0. The summed E-state index contributed by atoms with van der Waals surface area (Å²) in [5.41, 5.74) is 8.17. The second kappa shape index (κ2) is 5.97. The largest absolute Gasteiger partial charge is 0.342 e. The smallest absolute Gasteiger partial charge is 0.225 e. The molecule has 0 bridgehead atoms. The molecule has 0 spiro atoms. The molecule has 1 aromatic heterocycles. The molecule has 1 aliphatic carbocycles. The lowest BCUT2D eigenvalue weighted by molar-refractivity contribution is -0.134. The summed E-state index contributed by atoms with van der Waals surface area (Å²) in [5.74, 6) is 1.89. The van der Waals surface area contributed by atoms with Crippen LogP contribution < -0.4 is 10.9 Å². The first-order valence-electron chi connectivity index (χ1n) is 8.50. The zero-order valence-corrected chi connectivity index (χ0v) is 12.9. The van der Waals surface area contributed by atoms with Gasteiger partial charge in [0.1, 0.15) is 0 Å². The number of hydrogen-bond donors (Lipinski definition) is 2. The maximum atomic E-state index is 12.2. The molecule has 2 N–H and O–H groups in total. The molecule has 1 saturated carbocycles. The Morgan fingerprint density at radius 1 is 1.14 bits per heavy atom. The van der Waals surface area contributed by atoms with Crippen molar-refractivity contribution in [3.8, 4) is 0 Å². The highest BCUT2D eigenvalue weighted by molar-refractivity contribution is 5.81. The molecule has 4 rings (SSSR count). The van der Waals surface area contributed by atoms with Crippen molar-refractivity contribution in [2.24, 2.45) is 11.8 Å². The van der Waals surface area contributed by atoms with Gasteiger partial charge >= 0.3 is 0 Å². The van der Waals surface area contributed by atoms with E-state index in [-0.39, 0.29) is 0 Å². The van der Waals surface area contributed by atoms with Crippen LogP contribution in [0.25, 0.3) is 0 Å². The number of piperidine rings is 1. The molecule has 5 heteroatoms. The second-order valence-corrected chi connectivity index (χ2v) is 6.88. The van der Waals surface area contributed by atoms with Gasteiger partial charge in [-0.1, -0.05) is 0 Å². The van der Waals surface area contributed by atoms with Crippen molar-refractivity contribution >= 4 is 5.91 Å². The predicted molar refractivity (Wildman–Crippen MR) is 83.9 cm³/mol. The number of nitrogens with one attached hydrogen (secondary N) is 2. The average molecular weight is 300 g/mol. The molecule has 3 aliphatic rings. The van der Waals surface area contributed by atoms with Crippen LogP contribution in [0.1, 0.15) is 37.2 Å². The molecule has 3 fully saturated rings. The van der Waals surface area contributed by atoms with Gasteiger partial charge in [0.05, 0.1) is 0 Å². The van der Waals surface area contributed by atoms with Gasteiger partial charge in [-0.15, -0.1) is 0 Å². The lowest BCUT2D eigenvalue weighted by Gasteiger charge is -2.36. The standard InChI is InChI=1S/C17H24N4O/c22-17(14-1-2-14)21-9-5-13(6-10-21)16-15(11-19-20-16)12-3-7-18-8-4-12/h3-4,7-8,13-16,19-20H,1-2,5-6,9-11H2. The first kappa shape index (κ1) is 14.2. The number of nitrogens with zero attached hydrogens (tertiary/aromatic N) is 2. The molecule has 5 nitrogen and oxygen atoms in total. The van der Waals surface area contributed by atoms with Crippen LogP contribution in [0.15, 0.2) is 24.5 Å². The first-order valence-corrected chi connectivity index (χ1v) is 8.50. The van der Waals surface area contributed by atoms with E-state index in [9.17, 15) is 4.79 Å². The second-order valence-electron chi connectivity index (χ2n) is 6.88. The van der Waals surface area contributed by atoms with Crippen molar-refractivity contribution in [1.29, 1.82) is 0 Å². The van der Waals surface area contributed by atoms with Gasteiger partial charge in [-0.05, 0) is 49.3 Å². The zero-order chi connectivity index (χ0) is 14.9. The van der Waals surface area contributed by atoms with Gasteiger partial charge in [0.15, 0.2) is 0 Å². The Kier molecular flexibility index (Phi) is 3.84. The lowest BCUT2D eigenvalue weighted by Crippen LogP contribution is -2.46. The minimum absolute atomic E-state index is 0.354. The Balaban J connectivity index is 1.39. The molecule has 0 radical (unpaired) electrons. The molecule has 118 valence electrons. The minimum atomic E-state index is 0.354. The van der Waals surface area contributed by atoms with Crippen molar-refractivity contribution in [2.45, 2.75) is 37.6 Å². The van der Waals surface area contributed by atoms with Crippen molar-refractivity contribution in [1.82, 2.24) is 20.7 Å². The summed E-state index contributed by atoms with van der Waals surface area (Å²) >= 11 is 0. The van der Waals surface area contributed by atoms with Crippen LogP contribution in [0, 0.1) is 11.8 Å². The fourth-order valence-corrected chi connectivity index (χ4v) is 3.96. The zero-order valence-electron chi connectivity index (χ0n) is 12.9. The highest BCUT2D eigenvalue weighted by atomic mass is 16.2. The molecule has 1 amide bonds. The number of rotatable bonds is 3. The summed E-state index contributed by atoms with van der Waals surface area (Å²) in [4.78, 5) is 18.4. The quantitative estimate of drug-likeness (QED) is 0.883. The van der Waals surface area contributed by atoms with E-state index in [2.05, 4.69) is 32.9 Å². The van der Waals surface area contributed by atoms with Crippen molar-refractivity contribution < 1.29 is 4.79 Å². The number of carbonyl (C=O) groups is 1. The topological polar surface area (TPSA) is 57.3 Å². The molecule has 2 atom stereocenters. The summed E-state index contributed by atoms with van der Waals surface area (Å²) in [6, 6.07) is 4.71. The van der Waals surface area contributed by atoms with Gasteiger partial charge < -0.3 is 4.90 Å². The van der Waals surface area contributed by atoms with Gasteiger partial charge in [-0.2, -0.15) is 0 Å². The van der Waals surface area contributed by atoms with E-state index >= 15 is 0 Å². The highest BCUT2D eigenvalue weighted by Gasteiger charge is 2.39. The number of hydrazine groups is 1. The van der Waals surface area contributed by atoms with E-state index in [0.29, 0.717) is 29.7 Å². The molecule has 2 saturated heterocycles. The first-order chi connectivity index (χ1) is 10.8. The molecular weight excluding hydrogens is 276 g/mol. The Hall–Kier alpha value is -1.46. The van der Waals surface area contributed by atoms with E-state index in [1.807, 2.05) is 12.4 Å². The Morgan fingerprint density at radius 2 is 1.86 bits per heavy atom. The van der Waals surface area contributed by atoms with Crippen LogP contribution in [0.2, 0.25) is 0 Å². The number of hydrogen-bond acceptors (Lipinski definition) is 4. The summed E-state index contributed by atoms with van der Waals surface area (Å²) in [7, 11) is 0. The number of pyridine rings is 1. The Bertz CT molecular complexity index is 523. The number of amides is 1. The van der Waals surface area contributed by atoms with Gasteiger partial charge in [0.2, 0.25) is 5.91 Å². The molecule has 0 aromatic carbocycles. The molecule has 3 heterocycles. The molecule has 22 heavy (non-hydrogen) atoms. The molecule has 1 aromatic rings. The number of carbonyl (C=O) groups excluding carboxylic acids is 1. The maximum Gasteiger partial charge on any atom is 0.225 e. The lowest BCUT2D eigenvalue weighted by atomic mass is 9.80. The van der Waals surface area contributed by atoms with Crippen LogP contribution in [0.5, 0.6) is 0 Å². The average Bonchev–Trinajstić information content (AvgIpc) is 3.32. The number of aromatic nitrogens is 1. The molecular formula is C17H24N4O. The van der Waals surface area contributed by atoms with E-state index in [1.165, 1.54) is 5.56 Å². The Labute approximate surface area is 131 Å². The molecule has 2 unspecified atom stereocenters. The SMILES string of the molecule is O=C(C1CC1)N1CCC(C2NNCC2c2ccncc2)CC1. The van der Waals surface area contributed by atoms with Crippen molar-refractivity contribution in [2.75, 3.05) is 19.6 Å². The summed E-state index contributed by atoms with van der Waals surface area (Å²) in [6.45, 7) is 2.83. The normalized spacial score (nSPS) is 29.7. The van der Waals surface area contributed by atoms with Crippen molar-refractivity contribution in [3.05, 3.63) is 30.1 Å². The summed E-state index contributed by atoms with van der Waals surface area (Å²) < 4.78 is 0. The van der Waals surface area contributed by atoms with Crippen LogP contribution in [-0.4, -0.2) is 41.5 Å². The minimum Gasteiger partial charge on any atom is -0.342 e. The number of likely N-dealkylation sites (tertiary alicyclic amines) is 1. The van der Waals surface area contributed by atoms with E-state index in [0.717, 1.165) is 45.3 Å². The van der Waals surface area contributed by atoms with Crippen LogP contribution in [-0.2, 0) is 4.79 Å². The van der Waals surface area contributed by atoms with E-state index < -0.39 is 0 Å². The van der Waals surface area contributed by atoms with Gasteiger partial charge in [0, 0.05) is 49.9 Å². The van der Waals surface area contributed by atoms with Crippen LogP contribution in [0.3, 0.4) is 0 Å². The van der Waals surface area contributed by atoms with Crippen LogP contribution >= 0.6 is 0 Å². The van der Waals surface area contributed by atoms with Gasteiger partial charge in [-0.25, -0.2) is 0 Å². The fourth-order valence-electron chi connectivity index (χ4n) is 3.96. The molecule has 2 aliphatic heterocycles. The fraction of sp³-hybridized carbons (Fsp3) is 0.647. The van der Waals surface area contributed by atoms with E-state index in [4.69, 9.17) is 0 Å². The Morgan fingerprint density at radius 3 is 2.55 bits per heavy atom. The summed E-state index contributed by atoms with van der Waals surface area (Å²) in [6.07, 6.45) is 8.19.